The number of nitrogens with zero attached hydrogens (tertiary/aromatic N) is 1. The molecule has 1 N–H and O–H groups in total. The van der Waals surface area contributed by atoms with Crippen LogP contribution in [0.15, 0.2) is 42.5 Å². The van der Waals surface area contributed by atoms with E-state index in [-0.39, 0.29) is 11.9 Å². The number of hydrogen-bond donors (Lipinski definition) is 1. The third-order valence-corrected chi connectivity index (χ3v) is 6.18. The molecule has 2 atom stereocenters. The van der Waals surface area contributed by atoms with Crippen molar-refractivity contribution in [1.82, 2.24) is 5.32 Å². The highest BCUT2D eigenvalue weighted by atomic mass is 32.2. The second-order valence-electron chi connectivity index (χ2n) is 7.71. The Morgan fingerprint density at radius 2 is 1.48 bits per heavy atom. The topological polar surface area (TPSA) is 66.5 Å². The average Bonchev–Trinajstić information content (AvgIpc) is 2.62. The van der Waals surface area contributed by atoms with Crippen LogP contribution < -0.4 is 9.62 Å². The van der Waals surface area contributed by atoms with Gasteiger partial charge in [0.1, 0.15) is 6.04 Å². The number of rotatable bonds is 8. The predicted octanol–water partition coefficient (Wildman–Crippen LogP) is 4.42. The van der Waals surface area contributed by atoms with Crippen molar-refractivity contribution in [2.24, 2.45) is 0 Å². The van der Waals surface area contributed by atoms with E-state index in [1.165, 1.54) is 4.31 Å². The fourth-order valence-corrected chi connectivity index (χ4v) is 4.82. The van der Waals surface area contributed by atoms with Crippen molar-refractivity contribution >= 4 is 21.6 Å². The summed E-state index contributed by atoms with van der Waals surface area (Å²) >= 11 is 0. The van der Waals surface area contributed by atoms with Crippen molar-refractivity contribution < 1.29 is 13.2 Å². The third-order valence-electron chi connectivity index (χ3n) is 5.00. The van der Waals surface area contributed by atoms with Crippen LogP contribution in [0.1, 0.15) is 55.0 Å². The van der Waals surface area contributed by atoms with E-state index in [0.717, 1.165) is 28.5 Å². The first-order valence-electron chi connectivity index (χ1n) is 10.0. The minimum Gasteiger partial charge on any atom is -0.347 e. The van der Waals surface area contributed by atoms with Crippen LogP contribution in [0, 0.1) is 20.8 Å². The quantitative estimate of drug-likeness (QED) is 0.692. The maximum Gasteiger partial charge on any atom is 0.244 e. The number of carbonyl (C=O) groups is 1. The third kappa shape index (κ3) is 5.82. The van der Waals surface area contributed by atoms with Gasteiger partial charge in [0.2, 0.25) is 15.9 Å². The molecule has 0 saturated carbocycles. The number of hydrogen-bond acceptors (Lipinski definition) is 3. The summed E-state index contributed by atoms with van der Waals surface area (Å²) in [4.78, 5) is 13.2. The van der Waals surface area contributed by atoms with E-state index in [2.05, 4.69) is 5.32 Å². The zero-order valence-electron chi connectivity index (χ0n) is 18.2. The van der Waals surface area contributed by atoms with Gasteiger partial charge in [-0.15, -0.1) is 0 Å². The molecule has 1 amide bonds. The SMILES string of the molecule is CC[C@H](NC(=O)[C@H](CC)N(c1cc(C)cc(C)c1)S(C)(=O)=O)c1ccc(C)cc1. The molecule has 0 unspecified atom stereocenters. The Kier molecular flexibility index (Phi) is 7.47. The van der Waals surface area contributed by atoms with Gasteiger partial charge in [-0.3, -0.25) is 9.10 Å². The lowest BCUT2D eigenvalue weighted by molar-refractivity contribution is -0.123. The predicted molar refractivity (Wildman–Crippen MR) is 120 cm³/mol. The van der Waals surface area contributed by atoms with Gasteiger partial charge in [-0.2, -0.15) is 0 Å². The monoisotopic (exact) mass is 416 g/mol. The van der Waals surface area contributed by atoms with Gasteiger partial charge in [-0.05, 0) is 62.4 Å². The molecule has 0 aliphatic carbocycles. The van der Waals surface area contributed by atoms with Crippen LogP contribution in [-0.4, -0.2) is 26.6 Å². The van der Waals surface area contributed by atoms with Gasteiger partial charge in [0.15, 0.2) is 0 Å². The Morgan fingerprint density at radius 1 is 0.931 bits per heavy atom. The molecule has 0 aromatic heterocycles. The maximum atomic E-state index is 13.2. The van der Waals surface area contributed by atoms with Gasteiger partial charge in [0.05, 0.1) is 18.0 Å². The van der Waals surface area contributed by atoms with Crippen molar-refractivity contribution in [2.75, 3.05) is 10.6 Å². The molecular weight excluding hydrogens is 384 g/mol. The largest absolute Gasteiger partial charge is 0.347 e. The van der Waals surface area contributed by atoms with Gasteiger partial charge < -0.3 is 5.32 Å². The molecule has 5 nitrogen and oxygen atoms in total. The summed E-state index contributed by atoms with van der Waals surface area (Å²) < 4.78 is 26.6. The normalized spacial score (nSPS) is 13.6. The lowest BCUT2D eigenvalue weighted by atomic mass is 10.0. The fraction of sp³-hybridized carbons (Fsp3) is 0.435. The molecule has 29 heavy (non-hydrogen) atoms. The molecule has 0 bridgehead atoms. The average molecular weight is 417 g/mol. The molecule has 2 aromatic rings. The molecule has 2 aromatic carbocycles. The second-order valence-corrected chi connectivity index (χ2v) is 9.57. The first-order valence-corrected chi connectivity index (χ1v) is 11.9. The van der Waals surface area contributed by atoms with Crippen LogP contribution >= 0.6 is 0 Å². The van der Waals surface area contributed by atoms with Gasteiger partial charge in [0.25, 0.3) is 0 Å². The molecule has 0 aliphatic rings. The highest BCUT2D eigenvalue weighted by Crippen LogP contribution is 2.26. The fourth-order valence-electron chi connectivity index (χ4n) is 3.63. The van der Waals surface area contributed by atoms with Crippen LogP contribution in [0.25, 0.3) is 0 Å². The zero-order valence-corrected chi connectivity index (χ0v) is 19.0. The van der Waals surface area contributed by atoms with Gasteiger partial charge >= 0.3 is 0 Å². The number of nitrogens with one attached hydrogen (secondary N) is 1. The number of amides is 1. The summed E-state index contributed by atoms with van der Waals surface area (Å²) in [5.41, 5.74) is 4.60. The van der Waals surface area contributed by atoms with Crippen LogP contribution in [0.5, 0.6) is 0 Å². The summed E-state index contributed by atoms with van der Waals surface area (Å²) in [6, 6.07) is 12.6. The standard InChI is InChI=1S/C23H32N2O3S/c1-7-21(19-11-9-16(3)10-12-19)24-23(26)22(8-2)25(29(6,27)28)20-14-17(4)13-18(5)15-20/h9-15,21-22H,7-8H2,1-6H3,(H,24,26)/t21-,22-/m0/s1. The molecule has 0 saturated heterocycles. The van der Waals surface area contributed by atoms with Crippen molar-refractivity contribution in [1.29, 1.82) is 0 Å². The minimum atomic E-state index is -3.65. The summed E-state index contributed by atoms with van der Waals surface area (Å²) in [6.45, 7) is 9.69. The Hall–Kier alpha value is -2.34. The molecule has 0 aliphatic heterocycles. The van der Waals surface area contributed by atoms with E-state index in [1.807, 2.05) is 65.0 Å². The molecule has 158 valence electrons. The Balaban J connectivity index is 2.38. The van der Waals surface area contributed by atoms with Crippen LogP contribution in [-0.2, 0) is 14.8 Å². The lowest BCUT2D eigenvalue weighted by Crippen LogP contribution is -2.50. The van der Waals surface area contributed by atoms with E-state index < -0.39 is 16.1 Å². The summed E-state index contributed by atoms with van der Waals surface area (Å²) in [6.07, 6.45) is 2.24. The van der Waals surface area contributed by atoms with Crippen molar-refractivity contribution in [3.05, 3.63) is 64.7 Å². The van der Waals surface area contributed by atoms with E-state index in [4.69, 9.17) is 0 Å². The maximum absolute atomic E-state index is 13.2. The summed E-state index contributed by atoms with van der Waals surface area (Å²) in [5.74, 6) is -0.287. The zero-order chi connectivity index (χ0) is 21.8. The Labute approximate surface area is 175 Å². The number of anilines is 1. The molecule has 0 heterocycles. The van der Waals surface area contributed by atoms with E-state index in [0.29, 0.717) is 18.5 Å². The minimum absolute atomic E-state index is 0.169. The van der Waals surface area contributed by atoms with Gasteiger partial charge in [-0.25, -0.2) is 8.42 Å². The molecule has 2 rings (SSSR count). The highest BCUT2D eigenvalue weighted by Gasteiger charge is 2.32. The first-order chi connectivity index (χ1) is 13.6. The van der Waals surface area contributed by atoms with E-state index in [1.54, 1.807) is 12.1 Å². The van der Waals surface area contributed by atoms with Crippen LogP contribution in [0.4, 0.5) is 5.69 Å². The van der Waals surface area contributed by atoms with Crippen molar-refractivity contribution in [3.63, 3.8) is 0 Å². The van der Waals surface area contributed by atoms with Gasteiger partial charge in [0, 0.05) is 0 Å². The highest BCUT2D eigenvalue weighted by molar-refractivity contribution is 7.92. The molecule has 0 fully saturated rings. The Morgan fingerprint density at radius 3 is 1.93 bits per heavy atom. The molecule has 0 spiro atoms. The lowest BCUT2D eigenvalue weighted by Gasteiger charge is -2.32. The summed E-state index contributed by atoms with van der Waals surface area (Å²) in [7, 11) is -3.65. The Bertz CT molecular complexity index is 932. The molecule has 6 heteroatoms. The van der Waals surface area contributed by atoms with Crippen LogP contribution in [0.2, 0.25) is 0 Å². The van der Waals surface area contributed by atoms with E-state index >= 15 is 0 Å². The van der Waals surface area contributed by atoms with E-state index in [9.17, 15) is 13.2 Å². The second kappa shape index (κ2) is 9.44. The smallest absolute Gasteiger partial charge is 0.244 e. The first kappa shape index (κ1) is 22.9. The van der Waals surface area contributed by atoms with Crippen molar-refractivity contribution in [3.8, 4) is 0 Å². The number of carbonyl (C=O) groups excluding carboxylic acids is 1. The van der Waals surface area contributed by atoms with Crippen molar-refractivity contribution in [2.45, 2.75) is 59.5 Å². The number of aryl methyl sites for hydroxylation is 3. The van der Waals surface area contributed by atoms with Gasteiger partial charge in [-0.1, -0.05) is 49.7 Å². The summed E-state index contributed by atoms with van der Waals surface area (Å²) in [5, 5.41) is 3.06. The number of benzene rings is 2. The molecule has 0 radical (unpaired) electrons. The molecular formula is C23H32N2O3S. The number of sulfonamides is 1. The van der Waals surface area contributed by atoms with Crippen LogP contribution in [0.3, 0.4) is 0 Å².